The molecule has 0 fully saturated rings. The zero-order chi connectivity index (χ0) is 17.5. The molecule has 3 aromatic rings. The third-order valence-electron chi connectivity index (χ3n) is 3.51. The monoisotopic (exact) mass is 331 g/mol. The van der Waals surface area contributed by atoms with Gasteiger partial charge in [0, 0.05) is 5.56 Å². The number of nitrogens with one attached hydrogen (secondary N) is 2. The van der Waals surface area contributed by atoms with E-state index in [0.717, 1.165) is 11.4 Å². The Morgan fingerprint density at radius 1 is 0.640 bits per heavy atom. The first-order valence-electron chi connectivity index (χ1n) is 7.81. The fraction of sp³-hybridized carbons (Fsp3) is 0. The van der Waals surface area contributed by atoms with E-state index >= 15 is 0 Å². The van der Waals surface area contributed by atoms with Crippen LogP contribution in [0.3, 0.4) is 0 Å². The Balaban J connectivity index is 1.76. The Labute approximate surface area is 145 Å². The fourth-order valence-corrected chi connectivity index (χ4v) is 2.33. The second-order valence-electron chi connectivity index (χ2n) is 5.27. The van der Waals surface area contributed by atoms with Crippen LogP contribution in [0.25, 0.3) is 0 Å². The van der Waals surface area contributed by atoms with Gasteiger partial charge in [-0.25, -0.2) is 10.2 Å². The molecule has 0 atom stereocenters. The van der Waals surface area contributed by atoms with Gasteiger partial charge in [-0.1, -0.05) is 54.6 Å². The summed E-state index contributed by atoms with van der Waals surface area (Å²) in [6.45, 7) is 0. The molecule has 25 heavy (non-hydrogen) atoms. The summed E-state index contributed by atoms with van der Waals surface area (Å²) in [5.41, 5.74) is 4.68. The molecule has 0 aliphatic rings. The molecule has 0 unspecified atom stereocenters. The quantitative estimate of drug-likeness (QED) is 0.713. The highest BCUT2D eigenvalue weighted by Crippen LogP contribution is 2.22. The molecule has 0 saturated carbocycles. The molecule has 3 rings (SSSR count). The minimum absolute atomic E-state index is 0.420. The number of para-hydroxylation sites is 2. The van der Waals surface area contributed by atoms with Gasteiger partial charge in [0.2, 0.25) is 0 Å². The van der Waals surface area contributed by atoms with Crippen molar-refractivity contribution in [2.75, 3.05) is 5.01 Å². The van der Waals surface area contributed by atoms with Crippen LogP contribution < -0.4 is 15.8 Å². The number of hydrazine groups is 1. The van der Waals surface area contributed by atoms with Crippen LogP contribution in [-0.4, -0.2) is 11.9 Å². The zero-order valence-corrected chi connectivity index (χ0v) is 13.4. The number of rotatable bonds is 4. The van der Waals surface area contributed by atoms with Gasteiger partial charge in [0.05, 0.1) is 11.4 Å². The van der Waals surface area contributed by atoms with Gasteiger partial charge in [-0.05, 0) is 36.4 Å². The summed E-state index contributed by atoms with van der Waals surface area (Å²) in [7, 11) is 0. The van der Waals surface area contributed by atoms with E-state index in [1.165, 1.54) is 0 Å². The maximum absolute atomic E-state index is 12.3. The molecule has 0 radical (unpaired) electrons. The van der Waals surface area contributed by atoms with E-state index in [1.54, 1.807) is 29.3 Å². The fourth-order valence-electron chi connectivity index (χ4n) is 2.33. The van der Waals surface area contributed by atoms with Crippen molar-refractivity contribution in [2.24, 2.45) is 0 Å². The Bertz CT molecular complexity index is 797. The molecule has 5 nitrogen and oxygen atoms in total. The number of urea groups is 1. The van der Waals surface area contributed by atoms with E-state index in [-0.39, 0.29) is 0 Å². The van der Waals surface area contributed by atoms with Crippen molar-refractivity contribution in [3.05, 3.63) is 96.6 Å². The molecule has 0 aliphatic carbocycles. The molecular weight excluding hydrogens is 314 g/mol. The topological polar surface area (TPSA) is 61.4 Å². The predicted molar refractivity (Wildman–Crippen MR) is 97.5 cm³/mol. The van der Waals surface area contributed by atoms with Crippen LogP contribution in [0, 0.1) is 0 Å². The number of anilines is 2. The maximum Gasteiger partial charge on any atom is 0.340 e. The Morgan fingerprint density at radius 2 is 1.08 bits per heavy atom. The summed E-state index contributed by atoms with van der Waals surface area (Å²) in [5.74, 6) is -0.459. The third kappa shape index (κ3) is 4.23. The van der Waals surface area contributed by atoms with Gasteiger partial charge in [0.1, 0.15) is 0 Å². The van der Waals surface area contributed by atoms with E-state index in [9.17, 15) is 9.59 Å². The second-order valence-corrected chi connectivity index (χ2v) is 5.27. The summed E-state index contributed by atoms with van der Waals surface area (Å²) >= 11 is 0. The first-order valence-corrected chi connectivity index (χ1v) is 7.81. The van der Waals surface area contributed by atoms with Crippen molar-refractivity contribution in [1.29, 1.82) is 0 Å². The molecule has 3 amide bonds. The Morgan fingerprint density at radius 3 is 1.56 bits per heavy atom. The number of carbonyl (C=O) groups is 2. The summed E-state index contributed by atoms with van der Waals surface area (Å²) in [6.07, 6.45) is 0. The highest BCUT2D eigenvalue weighted by atomic mass is 16.2. The van der Waals surface area contributed by atoms with Crippen molar-refractivity contribution < 1.29 is 9.59 Å². The highest BCUT2D eigenvalue weighted by molar-refractivity contribution is 6.04. The lowest BCUT2D eigenvalue weighted by Gasteiger charge is -2.25. The third-order valence-corrected chi connectivity index (χ3v) is 3.51. The second kappa shape index (κ2) is 7.79. The smallest absolute Gasteiger partial charge is 0.273 e. The molecule has 0 aliphatic heterocycles. The number of imide groups is 1. The number of nitrogens with zero attached hydrogens (tertiary/aromatic N) is 1. The molecule has 5 heteroatoms. The van der Waals surface area contributed by atoms with Crippen LogP contribution in [0.15, 0.2) is 91.0 Å². The maximum atomic E-state index is 12.3. The standard InChI is InChI=1S/C20H17N3O2/c24-19(16-10-4-1-5-11-16)21-20(25)22-23(17-12-6-2-7-13-17)18-14-8-3-9-15-18/h1-15H,(H2,21,22,24,25). The van der Waals surface area contributed by atoms with Crippen molar-refractivity contribution in [3.8, 4) is 0 Å². The van der Waals surface area contributed by atoms with Crippen LogP contribution in [-0.2, 0) is 0 Å². The average molecular weight is 331 g/mol. The lowest BCUT2D eigenvalue weighted by atomic mass is 10.2. The lowest BCUT2D eigenvalue weighted by molar-refractivity contribution is 0.0964. The molecule has 0 spiro atoms. The van der Waals surface area contributed by atoms with Crippen LogP contribution in [0.4, 0.5) is 16.2 Å². The van der Waals surface area contributed by atoms with Crippen molar-refractivity contribution in [1.82, 2.24) is 10.7 Å². The van der Waals surface area contributed by atoms with Crippen molar-refractivity contribution in [2.45, 2.75) is 0 Å². The number of hydrogen-bond donors (Lipinski definition) is 2. The van der Waals surface area contributed by atoms with Gasteiger partial charge in [0.25, 0.3) is 5.91 Å². The van der Waals surface area contributed by atoms with Crippen molar-refractivity contribution in [3.63, 3.8) is 0 Å². The Hall–Kier alpha value is -3.60. The minimum Gasteiger partial charge on any atom is -0.273 e. The number of amides is 3. The van der Waals surface area contributed by atoms with Crippen LogP contribution in [0.2, 0.25) is 0 Å². The number of carbonyl (C=O) groups excluding carboxylic acids is 2. The number of hydrogen-bond acceptors (Lipinski definition) is 3. The molecular formula is C20H17N3O2. The lowest BCUT2D eigenvalue weighted by Crippen LogP contribution is -2.47. The first kappa shape index (κ1) is 16.3. The normalized spacial score (nSPS) is 9.92. The summed E-state index contributed by atoms with van der Waals surface area (Å²) in [6, 6.07) is 26.7. The first-order chi connectivity index (χ1) is 12.2. The zero-order valence-electron chi connectivity index (χ0n) is 13.4. The number of benzene rings is 3. The molecule has 2 N–H and O–H groups in total. The molecule has 0 heterocycles. The van der Waals surface area contributed by atoms with Gasteiger partial charge < -0.3 is 0 Å². The van der Waals surface area contributed by atoms with Gasteiger partial charge in [0.15, 0.2) is 0 Å². The molecule has 0 bridgehead atoms. The highest BCUT2D eigenvalue weighted by Gasteiger charge is 2.15. The van der Waals surface area contributed by atoms with Crippen LogP contribution in [0.5, 0.6) is 0 Å². The van der Waals surface area contributed by atoms with Gasteiger partial charge in [-0.15, -0.1) is 0 Å². The van der Waals surface area contributed by atoms with E-state index in [0.29, 0.717) is 5.56 Å². The largest absolute Gasteiger partial charge is 0.340 e. The summed E-state index contributed by atoms with van der Waals surface area (Å²) < 4.78 is 0. The van der Waals surface area contributed by atoms with Crippen LogP contribution >= 0.6 is 0 Å². The summed E-state index contributed by atoms with van der Waals surface area (Å²) in [4.78, 5) is 24.4. The van der Waals surface area contributed by atoms with Crippen molar-refractivity contribution >= 4 is 23.3 Å². The molecule has 0 aromatic heterocycles. The molecule has 124 valence electrons. The molecule has 0 saturated heterocycles. The minimum atomic E-state index is -0.610. The van der Waals surface area contributed by atoms with Gasteiger partial charge in [-0.2, -0.15) is 0 Å². The predicted octanol–water partition coefficient (Wildman–Crippen LogP) is 3.88. The average Bonchev–Trinajstić information content (AvgIpc) is 2.68. The van der Waals surface area contributed by atoms with E-state index < -0.39 is 11.9 Å². The van der Waals surface area contributed by atoms with Gasteiger partial charge >= 0.3 is 6.03 Å². The summed E-state index contributed by atoms with van der Waals surface area (Å²) in [5, 5.41) is 3.95. The van der Waals surface area contributed by atoms with E-state index in [4.69, 9.17) is 0 Å². The van der Waals surface area contributed by atoms with E-state index in [1.807, 2.05) is 66.7 Å². The SMILES string of the molecule is O=C(NC(=O)c1ccccc1)NN(c1ccccc1)c1ccccc1. The van der Waals surface area contributed by atoms with Crippen LogP contribution in [0.1, 0.15) is 10.4 Å². The van der Waals surface area contributed by atoms with Gasteiger partial charge in [-0.3, -0.25) is 15.1 Å². The van der Waals surface area contributed by atoms with E-state index in [2.05, 4.69) is 10.7 Å². The molecule has 3 aromatic carbocycles. The Kier molecular flexibility index (Phi) is 5.07.